The van der Waals surface area contributed by atoms with Gasteiger partial charge in [0.1, 0.15) is 6.10 Å². The van der Waals surface area contributed by atoms with Crippen LogP contribution in [0.25, 0.3) is 0 Å². The average Bonchev–Trinajstić information content (AvgIpc) is 2.36. The molecule has 0 heterocycles. The van der Waals surface area contributed by atoms with Crippen LogP contribution in [-0.2, 0) is 4.74 Å². The van der Waals surface area contributed by atoms with Crippen molar-refractivity contribution >= 4 is 0 Å². The number of benzene rings is 1. The molecule has 1 aliphatic carbocycles. The van der Waals surface area contributed by atoms with Crippen LogP contribution in [0.3, 0.4) is 0 Å². The zero-order chi connectivity index (χ0) is 14.0. The van der Waals surface area contributed by atoms with Crippen LogP contribution in [0.2, 0.25) is 0 Å². The fourth-order valence-corrected chi connectivity index (χ4v) is 3.56. The Morgan fingerprint density at radius 1 is 1.26 bits per heavy atom. The van der Waals surface area contributed by atoms with Crippen molar-refractivity contribution in [2.24, 2.45) is 5.92 Å². The van der Waals surface area contributed by atoms with Crippen molar-refractivity contribution in [3.63, 3.8) is 0 Å². The van der Waals surface area contributed by atoms with Gasteiger partial charge < -0.3 is 9.84 Å². The number of aliphatic hydroxyl groups excluding tert-OH is 1. The van der Waals surface area contributed by atoms with Crippen LogP contribution in [0.4, 0.5) is 0 Å². The third-order valence-electron chi connectivity index (χ3n) is 4.46. The van der Waals surface area contributed by atoms with Gasteiger partial charge in [0, 0.05) is 7.11 Å². The fourth-order valence-electron chi connectivity index (χ4n) is 3.56. The van der Waals surface area contributed by atoms with Gasteiger partial charge in [-0.2, -0.15) is 0 Å². The van der Waals surface area contributed by atoms with Gasteiger partial charge in [0.25, 0.3) is 0 Å². The summed E-state index contributed by atoms with van der Waals surface area (Å²) in [5, 5.41) is 10.8. The Morgan fingerprint density at radius 2 is 1.89 bits per heavy atom. The quantitative estimate of drug-likeness (QED) is 0.894. The number of aryl methyl sites for hydroxylation is 2. The molecule has 19 heavy (non-hydrogen) atoms. The monoisotopic (exact) mass is 262 g/mol. The fraction of sp³-hybridized carbons (Fsp3) is 0.647. The van der Waals surface area contributed by atoms with E-state index in [4.69, 9.17) is 4.74 Å². The number of hydrogen-bond donors (Lipinski definition) is 1. The maximum absolute atomic E-state index is 10.8. The zero-order valence-electron chi connectivity index (χ0n) is 12.6. The molecule has 1 aromatic rings. The van der Waals surface area contributed by atoms with Gasteiger partial charge in [-0.15, -0.1) is 0 Å². The van der Waals surface area contributed by atoms with E-state index in [-0.39, 0.29) is 0 Å². The predicted octanol–water partition coefficient (Wildman–Crippen LogP) is 3.93. The molecule has 1 aromatic carbocycles. The van der Waals surface area contributed by atoms with E-state index in [0.717, 1.165) is 24.8 Å². The van der Waals surface area contributed by atoms with Crippen molar-refractivity contribution in [1.82, 2.24) is 0 Å². The number of methoxy groups -OCH3 is 1. The first kappa shape index (κ1) is 14.5. The molecular weight excluding hydrogens is 236 g/mol. The topological polar surface area (TPSA) is 29.5 Å². The summed E-state index contributed by atoms with van der Waals surface area (Å²) in [5.74, 6) is 0.620. The van der Waals surface area contributed by atoms with Gasteiger partial charge in [0.2, 0.25) is 0 Å². The second-order valence-electron chi connectivity index (χ2n) is 6.29. The van der Waals surface area contributed by atoms with E-state index in [1.807, 2.05) is 0 Å². The molecule has 1 fully saturated rings. The minimum atomic E-state index is -0.529. The highest BCUT2D eigenvalue weighted by Crippen LogP contribution is 2.43. The number of rotatable bonds is 3. The SMILES string of the molecule is COC1(C(O)c2cc(C)cc(C)c2)CCCC(C)C1. The molecule has 0 saturated heterocycles. The molecule has 0 radical (unpaired) electrons. The summed E-state index contributed by atoms with van der Waals surface area (Å²) in [4.78, 5) is 0. The molecular formula is C17H26O2. The van der Waals surface area contributed by atoms with E-state index >= 15 is 0 Å². The molecule has 106 valence electrons. The van der Waals surface area contributed by atoms with Crippen LogP contribution in [0.5, 0.6) is 0 Å². The highest BCUT2D eigenvalue weighted by molar-refractivity contribution is 5.31. The summed E-state index contributed by atoms with van der Waals surface area (Å²) >= 11 is 0. The molecule has 0 bridgehead atoms. The average molecular weight is 262 g/mol. The largest absolute Gasteiger partial charge is 0.385 e. The lowest BCUT2D eigenvalue weighted by Gasteiger charge is -2.42. The molecule has 2 nitrogen and oxygen atoms in total. The van der Waals surface area contributed by atoms with E-state index in [1.165, 1.54) is 17.5 Å². The number of ether oxygens (including phenoxy) is 1. The van der Waals surface area contributed by atoms with Crippen molar-refractivity contribution < 1.29 is 9.84 Å². The lowest BCUT2D eigenvalue weighted by atomic mass is 9.73. The third-order valence-corrected chi connectivity index (χ3v) is 4.46. The Kier molecular flexibility index (Phi) is 4.32. The Labute approximate surface area is 116 Å². The summed E-state index contributed by atoms with van der Waals surface area (Å²) in [6.45, 7) is 6.40. The molecule has 2 heteroatoms. The van der Waals surface area contributed by atoms with E-state index < -0.39 is 11.7 Å². The molecule has 0 amide bonds. The van der Waals surface area contributed by atoms with Gasteiger partial charge >= 0.3 is 0 Å². The van der Waals surface area contributed by atoms with E-state index in [2.05, 4.69) is 39.0 Å². The summed E-state index contributed by atoms with van der Waals surface area (Å²) in [7, 11) is 1.74. The molecule has 1 N–H and O–H groups in total. The van der Waals surface area contributed by atoms with E-state index in [1.54, 1.807) is 7.11 Å². The van der Waals surface area contributed by atoms with Crippen molar-refractivity contribution in [1.29, 1.82) is 0 Å². The van der Waals surface area contributed by atoms with Crippen molar-refractivity contribution in [2.45, 2.75) is 58.2 Å². The summed E-state index contributed by atoms with van der Waals surface area (Å²) in [5.41, 5.74) is 2.99. The first-order valence-corrected chi connectivity index (χ1v) is 7.28. The first-order valence-electron chi connectivity index (χ1n) is 7.28. The Balaban J connectivity index is 2.31. The van der Waals surface area contributed by atoms with Gasteiger partial charge in [-0.25, -0.2) is 0 Å². The lowest BCUT2D eigenvalue weighted by Crippen LogP contribution is -2.42. The Morgan fingerprint density at radius 3 is 2.42 bits per heavy atom. The maximum Gasteiger partial charge on any atom is 0.108 e. The van der Waals surface area contributed by atoms with E-state index in [0.29, 0.717) is 5.92 Å². The molecule has 1 aliphatic rings. The first-order chi connectivity index (χ1) is 8.97. The van der Waals surface area contributed by atoms with Crippen LogP contribution in [0, 0.1) is 19.8 Å². The Bertz CT molecular complexity index is 421. The van der Waals surface area contributed by atoms with Gasteiger partial charge in [0.05, 0.1) is 5.60 Å². The van der Waals surface area contributed by atoms with Gasteiger partial charge in [-0.3, -0.25) is 0 Å². The summed E-state index contributed by atoms with van der Waals surface area (Å²) < 4.78 is 5.80. The minimum absolute atomic E-state index is 0.405. The molecule has 0 aromatic heterocycles. The standard InChI is InChI=1S/C17H26O2/c1-12-6-5-7-17(11-12,19-4)16(18)15-9-13(2)8-14(3)10-15/h8-10,12,16,18H,5-7,11H2,1-4H3. The van der Waals surface area contributed by atoms with Crippen molar-refractivity contribution in [3.8, 4) is 0 Å². The second kappa shape index (κ2) is 5.64. The molecule has 0 aliphatic heterocycles. The normalized spacial score (nSPS) is 29.2. The van der Waals surface area contributed by atoms with Gasteiger partial charge in [-0.1, -0.05) is 49.1 Å². The predicted molar refractivity (Wildman–Crippen MR) is 78.2 cm³/mol. The van der Waals surface area contributed by atoms with Crippen molar-refractivity contribution in [3.05, 3.63) is 34.9 Å². The van der Waals surface area contributed by atoms with Crippen LogP contribution in [-0.4, -0.2) is 17.8 Å². The van der Waals surface area contributed by atoms with Crippen LogP contribution < -0.4 is 0 Å². The zero-order valence-corrected chi connectivity index (χ0v) is 12.6. The summed E-state index contributed by atoms with van der Waals surface area (Å²) in [6.07, 6.45) is 3.74. The second-order valence-corrected chi connectivity index (χ2v) is 6.29. The van der Waals surface area contributed by atoms with Crippen LogP contribution in [0.15, 0.2) is 18.2 Å². The van der Waals surface area contributed by atoms with Crippen molar-refractivity contribution in [2.75, 3.05) is 7.11 Å². The number of aliphatic hydroxyl groups is 1. The van der Waals surface area contributed by atoms with E-state index in [9.17, 15) is 5.11 Å². The highest BCUT2D eigenvalue weighted by Gasteiger charge is 2.42. The molecule has 0 spiro atoms. The van der Waals surface area contributed by atoms with Gasteiger partial charge in [0.15, 0.2) is 0 Å². The lowest BCUT2D eigenvalue weighted by molar-refractivity contribution is -0.134. The van der Waals surface area contributed by atoms with Crippen LogP contribution in [0.1, 0.15) is 55.4 Å². The minimum Gasteiger partial charge on any atom is -0.385 e. The highest BCUT2D eigenvalue weighted by atomic mass is 16.5. The Hall–Kier alpha value is -0.860. The van der Waals surface area contributed by atoms with Crippen LogP contribution >= 0.6 is 0 Å². The maximum atomic E-state index is 10.8. The van der Waals surface area contributed by atoms with Gasteiger partial charge in [-0.05, 0) is 38.2 Å². The third kappa shape index (κ3) is 3.01. The molecule has 2 rings (SSSR count). The number of hydrogen-bond acceptors (Lipinski definition) is 2. The smallest absolute Gasteiger partial charge is 0.108 e. The molecule has 1 saturated carbocycles. The molecule has 3 unspecified atom stereocenters. The summed E-state index contributed by atoms with van der Waals surface area (Å²) in [6, 6.07) is 6.30. The molecule has 3 atom stereocenters.